The van der Waals surface area contributed by atoms with Crippen molar-refractivity contribution in [2.45, 2.75) is 30.3 Å². The Morgan fingerprint density at radius 1 is 1.13 bits per heavy atom. The highest BCUT2D eigenvalue weighted by atomic mass is 32.2. The van der Waals surface area contributed by atoms with Gasteiger partial charge in [0.1, 0.15) is 16.8 Å². The van der Waals surface area contributed by atoms with Crippen molar-refractivity contribution in [2.24, 2.45) is 0 Å². The number of rotatable bonds is 11. The number of halogens is 1. The van der Waals surface area contributed by atoms with Crippen molar-refractivity contribution in [3.8, 4) is 0 Å². The summed E-state index contributed by atoms with van der Waals surface area (Å²) < 4.78 is 41.6. The first-order valence-corrected chi connectivity index (χ1v) is 12.5. The second-order valence-corrected chi connectivity index (χ2v) is 9.59. The zero-order valence-electron chi connectivity index (χ0n) is 17.3. The molecule has 2 unspecified atom stereocenters. The molecule has 2 N–H and O–H groups in total. The zero-order chi connectivity index (χ0) is 22.1. The van der Waals surface area contributed by atoms with Crippen LogP contribution >= 0.6 is 11.8 Å². The van der Waals surface area contributed by atoms with Crippen LogP contribution < -0.4 is 14.9 Å². The molecule has 2 atom stereocenters. The van der Waals surface area contributed by atoms with Crippen molar-refractivity contribution in [2.75, 3.05) is 30.5 Å². The molecule has 0 spiro atoms. The van der Waals surface area contributed by atoms with E-state index in [2.05, 4.69) is 10.0 Å². The molecular formula is C21H28FN3O3S2. The van der Waals surface area contributed by atoms with Crippen molar-refractivity contribution >= 4 is 33.4 Å². The van der Waals surface area contributed by atoms with Crippen LogP contribution in [0.3, 0.4) is 0 Å². The molecule has 0 aliphatic carbocycles. The highest BCUT2D eigenvalue weighted by Gasteiger charge is 2.27. The molecule has 1 amide bonds. The van der Waals surface area contributed by atoms with Crippen LogP contribution in [0.4, 0.5) is 10.1 Å². The second-order valence-electron chi connectivity index (χ2n) is 6.93. The number of carbonyl (C=O) groups excluding carboxylic acids is 1. The number of anilines is 1. The van der Waals surface area contributed by atoms with E-state index in [1.54, 1.807) is 0 Å². The molecule has 0 saturated heterocycles. The molecule has 0 saturated carbocycles. The van der Waals surface area contributed by atoms with Gasteiger partial charge in [-0.25, -0.2) is 12.8 Å². The van der Waals surface area contributed by atoms with Crippen LogP contribution in [0.25, 0.3) is 0 Å². The molecule has 2 aromatic rings. The number of amides is 1. The molecule has 164 valence electrons. The summed E-state index contributed by atoms with van der Waals surface area (Å²) in [5.74, 6) is -0.707. The Bertz CT molecular complexity index is 926. The van der Waals surface area contributed by atoms with Gasteiger partial charge in [0, 0.05) is 25.3 Å². The maximum atomic E-state index is 14.0. The standard InChI is InChI=1S/C21H28FN3O3S2/c1-16(25(2)17-9-5-4-6-10-17)15-23-21(26)19(13-14-29-3)24-30(27,28)20-12-8-7-11-18(20)22/h4-12,16,19,24H,13-15H2,1-3H3,(H,23,26). The number of nitrogens with zero attached hydrogens (tertiary/aromatic N) is 1. The Kier molecular flexibility index (Phi) is 9.13. The number of para-hydroxylation sites is 1. The minimum atomic E-state index is -4.17. The lowest BCUT2D eigenvalue weighted by Crippen LogP contribution is -2.50. The average molecular weight is 454 g/mol. The maximum Gasteiger partial charge on any atom is 0.244 e. The fourth-order valence-electron chi connectivity index (χ4n) is 2.82. The molecule has 0 radical (unpaired) electrons. The third-order valence-electron chi connectivity index (χ3n) is 4.75. The molecule has 0 aromatic heterocycles. The molecule has 0 aliphatic heterocycles. The Morgan fingerprint density at radius 2 is 1.77 bits per heavy atom. The van der Waals surface area contributed by atoms with E-state index < -0.39 is 32.7 Å². The molecule has 6 nitrogen and oxygen atoms in total. The van der Waals surface area contributed by atoms with Gasteiger partial charge in [0.05, 0.1) is 0 Å². The number of carbonyl (C=O) groups is 1. The van der Waals surface area contributed by atoms with Crippen LogP contribution in [0, 0.1) is 5.82 Å². The quantitative estimate of drug-likeness (QED) is 0.547. The molecule has 9 heteroatoms. The van der Waals surface area contributed by atoms with Crippen LogP contribution in [0.1, 0.15) is 13.3 Å². The molecule has 0 bridgehead atoms. The predicted molar refractivity (Wildman–Crippen MR) is 121 cm³/mol. The van der Waals surface area contributed by atoms with Crippen LogP contribution in [-0.4, -0.2) is 52.0 Å². The summed E-state index contributed by atoms with van der Waals surface area (Å²) in [6, 6.07) is 13.9. The van der Waals surface area contributed by atoms with E-state index in [1.807, 2.05) is 55.5 Å². The molecule has 30 heavy (non-hydrogen) atoms. The van der Waals surface area contributed by atoms with E-state index in [4.69, 9.17) is 0 Å². The fourth-order valence-corrected chi connectivity index (χ4v) is 4.60. The van der Waals surface area contributed by atoms with Gasteiger partial charge in [0.15, 0.2) is 0 Å². The smallest absolute Gasteiger partial charge is 0.244 e. The summed E-state index contributed by atoms with van der Waals surface area (Å²) in [5, 5.41) is 2.82. The highest BCUT2D eigenvalue weighted by molar-refractivity contribution is 7.98. The second kappa shape index (κ2) is 11.3. The summed E-state index contributed by atoms with van der Waals surface area (Å²) in [7, 11) is -2.24. The lowest BCUT2D eigenvalue weighted by molar-refractivity contribution is -0.122. The largest absolute Gasteiger partial charge is 0.370 e. The van der Waals surface area contributed by atoms with Crippen molar-refractivity contribution in [1.29, 1.82) is 0 Å². The van der Waals surface area contributed by atoms with Gasteiger partial charge in [0.25, 0.3) is 0 Å². The fraction of sp³-hybridized carbons (Fsp3) is 0.381. The number of benzene rings is 2. The molecule has 0 aliphatic rings. The number of hydrogen-bond donors (Lipinski definition) is 2. The van der Waals surface area contributed by atoms with Crippen molar-refractivity contribution < 1.29 is 17.6 Å². The Labute approximate surface area is 182 Å². The van der Waals surface area contributed by atoms with Gasteiger partial charge >= 0.3 is 0 Å². The van der Waals surface area contributed by atoms with Gasteiger partial charge in [-0.15, -0.1) is 0 Å². The van der Waals surface area contributed by atoms with Crippen molar-refractivity contribution in [3.63, 3.8) is 0 Å². The molecule has 2 rings (SSSR count). The first-order chi connectivity index (χ1) is 14.3. The van der Waals surface area contributed by atoms with E-state index in [9.17, 15) is 17.6 Å². The predicted octanol–water partition coefficient (Wildman–Crippen LogP) is 2.87. The molecular weight excluding hydrogens is 425 g/mol. The van der Waals surface area contributed by atoms with E-state index in [0.717, 1.165) is 11.8 Å². The first-order valence-electron chi connectivity index (χ1n) is 9.57. The summed E-state index contributed by atoms with van der Waals surface area (Å²) >= 11 is 1.50. The van der Waals surface area contributed by atoms with Crippen molar-refractivity contribution in [1.82, 2.24) is 10.0 Å². The number of nitrogens with one attached hydrogen (secondary N) is 2. The lowest BCUT2D eigenvalue weighted by Gasteiger charge is -2.28. The third kappa shape index (κ3) is 6.72. The van der Waals surface area contributed by atoms with Crippen molar-refractivity contribution in [3.05, 3.63) is 60.4 Å². The molecule has 0 fully saturated rings. The van der Waals surface area contributed by atoms with Gasteiger partial charge in [-0.2, -0.15) is 16.5 Å². The van der Waals surface area contributed by atoms with E-state index in [1.165, 1.54) is 30.0 Å². The van der Waals surface area contributed by atoms with Gasteiger partial charge in [-0.1, -0.05) is 30.3 Å². The summed E-state index contributed by atoms with van der Waals surface area (Å²) in [6.07, 6.45) is 2.17. The minimum Gasteiger partial charge on any atom is -0.370 e. The van der Waals surface area contributed by atoms with E-state index >= 15 is 0 Å². The zero-order valence-corrected chi connectivity index (χ0v) is 19.0. The number of likely N-dealkylation sites (N-methyl/N-ethyl adjacent to an activating group) is 1. The van der Waals surface area contributed by atoms with Gasteiger partial charge in [-0.3, -0.25) is 4.79 Å². The van der Waals surface area contributed by atoms with Gasteiger partial charge < -0.3 is 10.2 Å². The van der Waals surface area contributed by atoms with E-state index in [0.29, 0.717) is 18.7 Å². The van der Waals surface area contributed by atoms with Gasteiger partial charge in [-0.05, 0) is 49.6 Å². The monoisotopic (exact) mass is 453 g/mol. The normalized spacial score (nSPS) is 13.5. The molecule has 0 heterocycles. The number of sulfonamides is 1. The van der Waals surface area contributed by atoms with Crippen LogP contribution in [-0.2, 0) is 14.8 Å². The lowest BCUT2D eigenvalue weighted by atomic mass is 10.2. The maximum absolute atomic E-state index is 14.0. The Balaban J connectivity index is 2.05. The summed E-state index contributed by atoms with van der Waals surface area (Å²) in [5.41, 5.74) is 1.01. The Morgan fingerprint density at radius 3 is 2.40 bits per heavy atom. The van der Waals surface area contributed by atoms with Crippen LogP contribution in [0.15, 0.2) is 59.5 Å². The minimum absolute atomic E-state index is 0.0132. The number of thioether (sulfide) groups is 1. The number of hydrogen-bond acceptors (Lipinski definition) is 5. The average Bonchev–Trinajstić information content (AvgIpc) is 2.74. The van der Waals surface area contributed by atoms with Crippen LogP contribution in [0.5, 0.6) is 0 Å². The SMILES string of the molecule is CSCCC(NS(=O)(=O)c1ccccc1F)C(=O)NCC(C)N(C)c1ccccc1. The third-order valence-corrected chi connectivity index (χ3v) is 6.90. The first kappa shape index (κ1) is 24.2. The Hall–Kier alpha value is -2.10. The van der Waals surface area contributed by atoms with Crippen LogP contribution in [0.2, 0.25) is 0 Å². The summed E-state index contributed by atoms with van der Waals surface area (Å²) in [4.78, 5) is 14.3. The highest BCUT2D eigenvalue weighted by Crippen LogP contribution is 2.16. The summed E-state index contributed by atoms with van der Waals surface area (Å²) in [6.45, 7) is 2.30. The molecule has 2 aromatic carbocycles. The van der Waals surface area contributed by atoms with E-state index in [-0.39, 0.29) is 6.04 Å². The topological polar surface area (TPSA) is 78.5 Å². The van der Waals surface area contributed by atoms with Gasteiger partial charge in [0.2, 0.25) is 15.9 Å².